The van der Waals surface area contributed by atoms with Gasteiger partial charge in [0.2, 0.25) is 0 Å². The third-order valence-corrected chi connectivity index (χ3v) is 3.03. The highest BCUT2D eigenvalue weighted by atomic mass is 35.5. The second kappa shape index (κ2) is 6.50. The Morgan fingerprint density at radius 3 is 2.72 bits per heavy atom. The van der Waals surface area contributed by atoms with E-state index in [-0.39, 0.29) is 0 Å². The van der Waals surface area contributed by atoms with E-state index in [1.165, 1.54) is 0 Å². The molecule has 1 aromatic carbocycles. The van der Waals surface area contributed by atoms with Crippen LogP contribution in [0.1, 0.15) is 17.2 Å². The molecule has 2 aromatic rings. The van der Waals surface area contributed by atoms with Gasteiger partial charge in [0.25, 0.3) is 0 Å². The van der Waals surface area contributed by atoms with E-state index < -0.39 is 6.10 Å². The van der Waals surface area contributed by atoms with Crippen molar-refractivity contribution in [1.82, 2.24) is 10.3 Å². The van der Waals surface area contributed by atoms with Crippen molar-refractivity contribution in [1.29, 1.82) is 0 Å². The minimum Gasteiger partial charge on any atom is -0.387 e. The monoisotopic (exact) mass is 262 g/mol. The van der Waals surface area contributed by atoms with Gasteiger partial charge in [0, 0.05) is 25.5 Å². The third kappa shape index (κ3) is 3.53. The SMILES string of the molecule is OC(CNCc1ccncc1Cl)c1ccccc1. The van der Waals surface area contributed by atoms with Crippen LogP contribution in [0.25, 0.3) is 0 Å². The van der Waals surface area contributed by atoms with E-state index in [1.807, 2.05) is 36.4 Å². The van der Waals surface area contributed by atoms with Crippen LogP contribution in [-0.4, -0.2) is 16.6 Å². The molecule has 0 spiro atoms. The maximum atomic E-state index is 9.96. The molecule has 0 bridgehead atoms. The Labute approximate surface area is 111 Å². The molecule has 0 fully saturated rings. The molecule has 1 aromatic heterocycles. The molecule has 2 rings (SSSR count). The van der Waals surface area contributed by atoms with Gasteiger partial charge in [0.1, 0.15) is 0 Å². The number of nitrogens with one attached hydrogen (secondary N) is 1. The van der Waals surface area contributed by atoms with Gasteiger partial charge in [-0.3, -0.25) is 4.98 Å². The number of halogens is 1. The predicted octanol–water partition coefficient (Wildman–Crippen LogP) is 2.56. The van der Waals surface area contributed by atoms with E-state index in [2.05, 4.69) is 10.3 Å². The van der Waals surface area contributed by atoms with E-state index in [9.17, 15) is 5.11 Å². The normalized spacial score (nSPS) is 12.3. The average Bonchev–Trinajstić information content (AvgIpc) is 2.42. The van der Waals surface area contributed by atoms with Crippen molar-refractivity contribution < 1.29 is 5.11 Å². The summed E-state index contributed by atoms with van der Waals surface area (Å²) in [5.41, 5.74) is 1.89. The van der Waals surface area contributed by atoms with Gasteiger partial charge in [0.15, 0.2) is 0 Å². The highest BCUT2D eigenvalue weighted by Crippen LogP contribution is 2.14. The van der Waals surface area contributed by atoms with Crippen LogP contribution in [0.15, 0.2) is 48.8 Å². The first-order valence-corrected chi connectivity index (χ1v) is 6.17. The lowest BCUT2D eigenvalue weighted by atomic mass is 10.1. The lowest BCUT2D eigenvalue weighted by molar-refractivity contribution is 0.174. The summed E-state index contributed by atoms with van der Waals surface area (Å²) < 4.78 is 0. The first-order chi connectivity index (χ1) is 8.77. The van der Waals surface area contributed by atoms with Crippen molar-refractivity contribution in [2.24, 2.45) is 0 Å². The topological polar surface area (TPSA) is 45.1 Å². The van der Waals surface area contributed by atoms with Crippen molar-refractivity contribution in [2.45, 2.75) is 12.6 Å². The summed E-state index contributed by atoms with van der Waals surface area (Å²) in [6.45, 7) is 1.11. The molecule has 0 aliphatic carbocycles. The number of aliphatic hydroxyl groups is 1. The Kier molecular flexibility index (Phi) is 4.70. The van der Waals surface area contributed by atoms with Gasteiger partial charge in [-0.05, 0) is 17.2 Å². The largest absolute Gasteiger partial charge is 0.387 e. The summed E-state index contributed by atoms with van der Waals surface area (Å²) in [7, 11) is 0. The molecule has 1 heterocycles. The van der Waals surface area contributed by atoms with Gasteiger partial charge in [0.05, 0.1) is 11.1 Å². The van der Waals surface area contributed by atoms with Crippen molar-refractivity contribution in [3.8, 4) is 0 Å². The standard InChI is InChI=1S/C14H15ClN2O/c15-13-9-16-7-6-12(13)8-17-10-14(18)11-4-2-1-3-5-11/h1-7,9,14,17-18H,8,10H2. The predicted molar refractivity (Wildman–Crippen MR) is 72.4 cm³/mol. The Bertz CT molecular complexity index is 490. The van der Waals surface area contributed by atoms with Gasteiger partial charge in [-0.25, -0.2) is 0 Å². The van der Waals surface area contributed by atoms with Crippen LogP contribution in [0.2, 0.25) is 5.02 Å². The fourth-order valence-electron chi connectivity index (χ4n) is 1.68. The molecular weight excluding hydrogens is 248 g/mol. The quantitative estimate of drug-likeness (QED) is 0.871. The Hall–Kier alpha value is -1.42. The molecule has 0 radical (unpaired) electrons. The molecule has 18 heavy (non-hydrogen) atoms. The third-order valence-electron chi connectivity index (χ3n) is 2.69. The first-order valence-electron chi connectivity index (χ1n) is 5.79. The molecule has 0 amide bonds. The zero-order valence-electron chi connectivity index (χ0n) is 9.88. The minimum atomic E-state index is -0.508. The molecule has 0 saturated heterocycles. The molecule has 2 N–H and O–H groups in total. The van der Waals surface area contributed by atoms with Gasteiger partial charge >= 0.3 is 0 Å². The summed E-state index contributed by atoms with van der Waals surface area (Å²) in [4.78, 5) is 3.93. The summed E-state index contributed by atoms with van der Waals surface area (Å²) in [5, 5.41) is 13.8. The average molecular weight is 263 g/mol. The highest BCUT2D eigenvalue weighted by molar-refractivity contribution is 6.31. The number of rotatable bonds is 5. The molecule has 94 valence electrons. The van der Waals surface area contributed by atoms with E-state index in [1.54, 1.807) is 12.4 Å². The lowest BCUT2D eigenvalue weighted by Gasteiger charge is -2.12. The summed E-state index contributed by atoms with van der Waals surface area (Å²) in [6, 6.07) is 11.4. The maximum absolute atomic E-state index is 9.96. The van der Waals surface area contributed by atoms with E-state index >= 15 is 0 Å². The zero-order chi connectivity index (χ0) is 12.8. The highest BCUT2D eigenvalue weighted by Gasteiger charge is 2.06. The van der Waals surface area contributed by atoms with E-state index in [4.69, 9.17) is 11.6 Å². The summed E-state index contributed by atoms with van der Waals surface area (Å²) in [5.74, 6) is 0. The maximum Gasteiger partial charge on any atom is 0.0914 e. The lowest BCUT2D eigenvalue weighted by Crippen LogP contribution is -2.21. The van der Waals surface area contributed by atoms with Crippen molar-refractivity contribution >= 4 is 11.6 Å². The number of aromatic nitrogens is 1. The van der Waals surface area contributed by atoms with Crippen LogP contribution >= 0.6 is 11.6 Å². The second-order valence-corrected chi connectivity index (χ2v) is 4.43. The fourth-order valence-corrected chi connectivity index (χ4v) is 1.87. The van der Waals surface area contributed by atoms with Crippen LogP contribution < -0.4 is 5.32 Å². The number of pyridine rings is 1. The van der Waals surface area contributed by atoms with E-state index in [0.717, 1.165) is 11.1 Å². The van der Waals surface area contributed by atoms with E-state index in [0.29, 0.717) is 18.1 Å². The van der Waals surface area contributed by atoms with Crippen LogP contribution in [0.4, 0.5) is 0 Å². The zero-order valence-corrected chi connectivity index (χ0v) is 10.6. The molecule has 0 saturated carbocycles. The van der Waals surface area contributed by atoms with Gasteiger partial charge in [-0.1, -0.05) is 41.9 Å². The number of aliphatic hydroxyl groups excluding tert-OH is 1. The molecule has 3 nitrogen and oxygen atoms in total. The minimum absolute atomic E-state index is 0.489. The molecule has 1 atom stereocenters. The Morgan fingerprint density at radius 2 is 2.00 bits per heavy atom. The number of benzene rings is 1. The van der Waals surface area contributed by atoms with Crippen LogP contribution in [0.5, 0.6) is 0 Å². The van der Waals surface area contributed by atoms with Crippen molar-refractivity contribution in [2.75, 3.05) is 6.54 Å². The summed E-state index contributed by atoms with van der Waals surface area (Å²) in [6.07, 6.45) is 2.81. The Morgan fingerprint density at radius 1 is 1.22 bits per heavy atom. The Balaban J connectivity index is 1.84. The molecular formula is C14H15ClN2O. The fraction of sp³-hybridized carbons (Fsp3) is 0.214. The molecule has 4 heteroatoms. The number of hydrogen-bond donors (Lipinski definition) is 2. The van der Waals surface area contributed by atoms with Gasteiger partial charge in [-0.15, -0.1) is 0 Å². The van der Waals surface area contributed by atoms with Crippen LogP contribution in [-0.2, 0) is 6.54 Å². The number of hydrogen-bond acceptors (Lipinski definition) is 3. The van der Waals surface area contributed by atoms with Crippen molar-refractivity contribution in [3.63, 3.8) is 0 Å². The molecule has 0 aliphatic rings. The van der Waals surface area contributed by atoms with Gasteiger partial charge in [-0.2, -0.15) is 0 Å². The molecule has 0 aliphatic heterocycles. The van der Waals surface area contributed by atoms with Crippen molar-refractivity contribution in [3.05, 3.63) is 64.9 Å². The smallest absolute Gasteiger partial charge is 0.0914 e. The van der Waals surface area contributed by atoms with Gasteiger partial charge < -0.3 is 10.4 Å². The van der Waals surface area contributed by atoms with Crippen LogP contribution in [0.3, 0.4) is 0 Å². The number of nitrogens with zero attached hydrogens (tertiary/aromatic N) is 1. The van der Waals surface area contributed by atoms with Crippen LogP contribution in [0, 0.1) is 0 Å². The molecule has 1 unspecified atom stereocenters. The second-order valence-electron chi connectivity index (χ2n) is 4.02. The first kappa shape index (κ1) is 13.0. The summed E-state index contributed by atoms with van der Waals surface area (Å²) >= 11 is 5.99.